The highest BCUT2D eigenvalue weighted by atomic mass is 79.9. The SMILES string of the molecule is CC(C)(C)OC(=O)/C=C/c1ccc(N)nc1.CC(C)(C)OC(=O)/C=C/c1ccc(NC(=O)c2ccoc2)nc1.Nc1ccc(Br)cn1.O=C(O)/C=C/c1ccc(NC(=O)c2ccoc2)nc1. The molecule has 0 aliphatic rings. The van der Waals surface area contributed by atoms with E-state index in [1.165, 1.54) is 49.5 Å². The molecule has 0 atom stereocenters. The number of amides is 2. The van der Waals surface area contributed by atoms with Crippen molar-refractivity contribution in [2.75, 3.05) is 22.1 Å². The summed E-state index contributed by atoms with van der Waals surface area (Å²) in [4.78, 5) is 72.6. The normalized spacial score (nSPS) is 11.0. The second-order valence-corrected chi connectivity index (χ2v) is 16.1. The molecule has 0 bridgehead atoms. The minimum atomic E-state index is -1.03. The average molecular weight is 966 g/mol. The third-order valence-corrected chi connectivity index (χ3v) is 7.71. The molecule has 0 unspecified atom stereocenters. The molecular formula is C47H49BrN8O10. The number of halogens is 1. The van der Waals surface area contributed by atoms with E-state index in [2.05, 4.69) is 46.5 Å². The number of carbonyl (C=O) groups excluding carboxylic acids is 4. The fraction of sp³-hybridized carbons (Fsp3) is 0.170. The molecule has 344 valence electrons. The molecule has 2 amide bonds. The van der Waals surface area contributed by atoms with Crippen molar-refractivity contribution in [1.29, 1.82) is 0 Å². The molecule has 7 N–H and O–H groups in total. The molecule has 6 heterocycles. The van der Waals surface area contributed by atoms with Crippen LogP contribution in [0.2, 0.25) is 0 Å². The van der Waals surface area contributed by atoms with E-state index in [1.807, 2.05) is 26.8 Å². The van der Waals surface area contributed by atoms with E-state index in [9.17, 15) is 24.0 Å². The summed E-state index contributed by atoms with van der Waals surface area (Å²) in [6.45, 7) is 10.9. The maximum atomic E-state index is 11.8. The summed E-state index contributed by atoms with van der Waals surface area (Å²) in [7, 11) is 0. The Labute approximate surface area is 389 Å². The van der Waals surface area contributed by atoms with Crippen molar-refractivity contribution in [2.45, 2.75) is 52.7 Å². The van der Waals surface area contributed by atoms with E-state index in [0.717, 1.165) is 21.7 Å². The van der Waals surface area contributed by atoms with Gasteiger partial charge in [0.05, 0.1) is 23.7 Å². The first-order chi connectivity index (χ1) is 31.1. The minimum absolute atomic E-state index is 0.303. The molecule has 0 saturated carbocycles. The number of hydrogen-bond donors (Lipinski definition) is 5. The summed E-state index contributed by atoms with van der Waals surface area (Å²) in [6.07, 6.45) is 20.2. The summed E-state index contributed by atoms with van der Waals surface area (Å²) in [6, 6.07) is 16.8. The lowest BCUT2D eigenvalue weighted by molar-refractivity contribution is -0.149. The largest absolute Gasteiger partial charge is 0.478 e. The van der Waals surface area contributed by atoms with Crippen molar-refractivity contribution in [3.8, 4) is 0 Å². The van der Waals surface area contributed by atoms with Crippen LogP contribution in [0.3, 0.4) is 0 Å². The predicted octanol–water partition coefficient (Wildman–Crippen LogP) is 8.75. The molecule has 0 aromatic carbocycles. The third-order valence-electron chi connectivity index (χ3n) is 7.24. The third kappa shape index (κ3) is 22.2. The van der Waals surface area contributed by atoms with Gasteiger partial charge in [-0.1, -0.05) is 0 Å². The van der Waals surface area contributed by atoms with E-state index < -0.39 is 23.1 Å². The Hall–Kier alpha value is -8.19. The Kier molecular flexibility index (Phi) is 20.4. The molecule has 0 fully saturated rings. The number of carboxylic acids is 1. The Morgan fingerprint density at radius 2 is 0.970 bits per heavy atom. The quantitative estimate of drug-likeness (QED) is 0.0633. The Morgan fingerprint density at radius 1 is 0.576 bits per heavy atom. The lowest BCUT2D eigenvalue weighted by Crippen LogP contribution is -2.22. The molecule has 6 aromatic heterocycles. The number of ether oxygens (including phenoxy) is 2. The fourth-order valence-corrected chi connectivity index (χ4v) is 4.62. The van der Waals surface area contributed by atoms with E-state index in [-0.39, 0.29) is 17.8 Å². The second-order valence-electron chi connectivity index (χ2n) is 15.2. The van der Waals surface area contributed by atoms with Gasteiger partial charge in [0, 0.05) is 47.5 Å². The van der Waals surface area contributed by atoms with Crippen LogP contribution < -0.4 is 22.1 Å². The van der Waals surface area contributed by atoms with E-state index in [1.54, 1.807) is 106 Å². The molecule has 19 heteroatoms. The molecule has 0 spiro atoms. The van der Waals surface area contributed by atoms with E-state index in [0.29, 0.717) is 40.0 Å². The number of esters is 2. The number of aromatic nitrogens is 4. The van der Waals surface area contributed by atoms with Crippen LogP contribution in [0.1, 0.15) is 78.9 Å². The van der Waals surface area contributed by atoms with Crippen molar-refractivity contribution in [2.24, 2.45) is 0 Å². The molecular weight excluding hydrogens is 916 g/mol. The first-order valence-electron chi connectivity index (χ1n) is 19.5. The number of nitrogens with zero attached hydrogens (tertiary/aromatic N) is 4. The number of rotatable bonds is 10. The highest BCUT2D eigenvalue weighted by Gasteiger charge is 2.15. The first kappa shape index (κ1) is 52.2. The van der Waals surface area contributed by atoms with Crippen LogP contribution in [0.5, 0.6) is 0 Å². The summed E-state index contributed by atoms with van der Waals surface area (Å²) in [5, 5.41) is 13.7. The van der Waals surface area contributed by atoms with Gasteiger partial charge in [-0.3, -0.25) is 9.59 Å². The van der Waals surface area contributed by atoms with Crippen molar-refractivity contribution < 1.29 is 47.4 Å². The van der Waals surface area contributed by atoms with E-state index >= 15 is 0 Å². The molecule has 0 aliphatic carbocycles. The van der Waals surface area contributed by atoms with Crippen molar-refractivity contribution >= 4 is 87.2 Å². The number of nitrogen functional groups attached to an aromatic ring is 2. The van der Waals surface area contributed by atoms with Crippen LogP contribution in [-0.4, -0.2) is 66.0 Å². The first-order valence-corrected chi connectivity index (χ1v) is 20.3. The molecule has 0 radical (unpaired) electrons. The fourth-order valence-electron chi connectivity index (χ4n) is 4.39. The molecule has 18 nitrogen and oxygen atoms in total. The zero-order valence-corrected chi connectivity index (χ0v) is 38.4. The lowest BCUT2D eigenvalue weighted by atomic mass is 10.2. The summed E-state index contributed by atoms with van der Waals surface area (Å²) in [5.41, 5.74) is 12.7. The highest BCUT2D eigenvalue weighted by molar-refractivity contribution is 9.10. The Morgan fingerprint density at radius 3 is 1.27 bits per heavy atom. The Bertz CT molecular complexity index is 2530. The van der Waals surface area contributed by atoms with Crippen LogP contribution >= 0.6 is 15.9 Å². The van der Waals surface area contributed by atoms with Gasteiger partial charge in [-0.15, -0.1) is 0 Å². The van der Waals surface area contributed by atoms with Gasteiger partial charge in [-0.25, -0.2) is 34.3 Å². The van der Waals surface area contributed by atoms with Gasteiger partial charge in [0.1, 0.15) is 47.0 Å². The maximum absolute atomic E-state index is 11.8. The standard InChI is InChI=1S/C17H18N2O4.C13H10N2O4.C12H16N2O2.C5H5BrN2/c1-17(2,3)23-15(20)7-5-12-4-6-14(18-10-12)19-16(21)13-8-9-22-11-13;16-12(17)4-2-9-1-3-11(14-7-9)15-13(18)10-5-6-19-8-10;1-12(2,3)16-11(15)7-5-9-4-6-10(13)14-8-9;6-4-1-2-5(7)8-3-4/h4-11H,1-3H3,(H,18,19,21);1-8H,(H,16,17)(H,14,15,18);4-8H,1-3H3,(H2,13,14);1-3H,(H2,7,8)/b7-5+;4-2+;7-5+;. The van der Waals surface area contributed by atoms with Gasteiger partial charge in [0.2, 0.25) is 0 Å². The predicted molar refractivity (Wildman–Crippen MR) is 253 cm³/mol. The molecule has 6 aromatic rings. The van der Waals surface area contributed by atoms with Gasteiger partial charge in [0.15, 0.2) is 0 Å². The van der Waals surface area contributed by atoms with Crippen LogP contribution in [0.15, 0.2) is 142 Å². The zero-order valence-electron chi connectivity index (χ0n) is 36.8. The number of furan rings is 2. The van der Waals surface area contributed by atoms with E-state index in [4.69, 9.17) is 34.9 Å². The second kappa shape index (κ2) is 25.8. The van der Waals surface area contributed by atoms with Crippen molar-refractivity contribution in [3.05, 3.63) is 161 Å². The average Bonchev–Trinajstić information content (AvgIpc) is 4.00. The Balaban J connectivity index is 0.000000245. The summed E-state index contributed by atoms with van der Waals surface area (Å²) >= 11 is 3.23. The number of carbonyl (C=O) groups is 5. The number of aliphatic carboxylic acids is 1. The van der Waals surface area contributed by atoms with Gasteiger partial charge < -0.3 is 45.5 Å². The van der Waals surface area contributed by atoms with Crippen LogP contribution in [0.4, 0.5) is 23.3 Å². The zero-order chi connectivity index (χ0) is 48.7. The number of nitrogens with one attached hydrogen (secondary N) is 2. The lowest BCUT2D eigenvalue weighted by Gasteiger charge is -2.17. The smallest absolute Gasteiger partial charge is 0.331 e. The van der Waals surface area contributed by atoms with Crippen LogP contribution in [0.25, 0.3) is 18.2 Å². The van der Waals surface area contributed by atoms with Gasteiger partial charge in [0.25, 0.3) is 11.8 Å². The minimum Gasteiger partial charge on any atom is -0.478 e. The van der Waals surface area contributed by atoms with Gasteiger partial charge >= 0.3 is 17.9 Å². The highest BCUT2D eigenvalue weighted by Crippen LogP contribution is 2.13. The molecule has 0 aliphatic heterocycles. The van der Waals surface area contributed by atoms with Crippen molar-refractivity contribution in [3.63, 3.8) is 0 Å². The number of pyridine rings is 4. The van der Waals surface area contributed by atoms with Crippen molar-refractivity contribution in [1.82, 2.24) is 19.9 Å². The number of carboxylic acid groups (broad SMARTS) is 1. The molecule has 66 heavy (non-hydrogen) atoms. The molecule has 0 saturated heterocycles. The topological polar surface area (TPSA) is 278 Å². The van der Waals surface area contributed by atoms with Gasteiger partial charge in [-0.2, -0.15) is 0 Å². The van der Waals surface area contributed by atoms with Crippen LogP contribution in [0, 0.1) is 0 Å². The monoisotopic (exact) mass is 964 g/mol. The number of nitrogens with two attached hydrogens (primary N) is 2. The van der Waals surface area contributed by atoms with Crippen LogP contribution in [-0.2, 0) is 23.9 Å². The summed E-state index contributed by atoms with van der Waals surface area (Å²) < 4.78 is 20.9. The number of anilines is 4. The molecule has 6 rings (SSSR count). The number of hydrogen-bond acceptors (Lipinski definition) is 15. The van der Waals surface area contributed by atoms with Gasteiger partial charge in [-0.05, 0) is 153 Å². The maximum Gasteiger partial charge on any atom is 0.331 e. The summed E-state index contributed by atoms with van der Waals surface area (Å²) in [5.74, 6) is -0.665.